The van der Waals surface area contributed by atoms with E-state index in [2.05, 4.69) is 10.1 Å². The summed E-state index contributed by atoms with van der Waals surface area (Å²) >= 11 is 0. The van der Waals surface area contributed by atoms with Crippen molar-refractivity contribution in [1.29, 1.82) is 0 Å². The first-order valence-corrected chi connectivity index (χ1v) is 11.4. The van der Waals surface area contributed by atoms with E-state index in [-0.39, 0.29) is 17.9 Å². The molecule has 1 amide bonds. The molecule has 2 fully saturated rings. The lowest BCUT2D eigenvalue weighted by Gasteiger charge is -2.40. The van der Waals surface area contributed by atoms with E-state index in [0.717, 1.165) is 42.1 Å². The Balaban J connectivity index is 1.22. The van der Waals surface area contributed by atoms with Gasteiger partial charge >= 0.3 is 0 Å². The minimum atomic E-state index is -0.127. The summed E-state index contributed by atoms with van der Waals surface area (Å²) in [4.78, 5) is 23.5. The van der Waals surface area contributed by atoms with E-state index in [1.165, 1.54) is 12.8 Å². The SMILES string of the molecule is O=C(COCc1ccccc1)N1CCC(CC2CC2)(c2noc(-c3ccncc3)n2)CC1. The number of benzene rings is 1. The van der Waals surface area contributed by atoms with Gasteiger partial charge in [0, 0.05) is 36.5 Å². The zero-order valence-electron chi connectivity index (χ0n) is 18.2. The highest BCUT2D eigenvalue weighted by Crippen LogP contribution is 2.46. The number of rotatable bonds is 8. The third-order valence-electron chi connectivity index (χ3n) is 6.61. The van der Waals surface area contributed by atoms with Gasteiger partial charge in [-0.25, -0.2) is 0 Å². The molecule has 1 saturated heterocycles. The van der Waals surface area contributed by atoms with Gasteiger partial charge in [0.2, 0.25) is 5.91 Å². The molecule has 0 bridgehead atoms. The van der Waals surface area contributed by atoms with Crippen molar-refractivity contribution in [2.24, 2.45) is 5.92 Å². The number of pyridine rings is 1. The highest BCUT2D eigenvalue weighted by Gasteiger charge is 2.44. The number of amides is 1. The first-order chi connectivity index (χ1) is 15.7. The van der Waals surface area contributed by atoms with E-state index in [1.807, 2.05) is 47.4 Å². The van der Waals surface area contributed by atoms with Crippen molar-refractivity contribution >= 4 is 5.91 Å². The molecule has 0 spiro atoms. The van der Waals surface area contributed by atoms with Gasteiger partial charge in [0.05, 0.1) is 6.61 Å². The van der Waals surface area contributed by atoms with Crippen LogP contribution < -0.4 is 0 Å². The number of likely N-dealkylation sites (tertiary alicyclic amines) is 1. The van der Waals surface area contributed by atoms with E-state index >= 15 is 0 Å². The summed E-state index contributed by atoms with van der Waals surface area (Å²) in [6.07, 6.45) is 8.76. The van der Waals surface area contributed by atoms with Crippen molar-refractivity contribution in [2.45, 2.75) is 44.1 Å². The van der Waals surface area contributed by atoms with Crippen molar-refractivity contribution < 1.29 is 14.1 Å². The summed E-state index contributed by atoms with van der Waals surface area (Å²) in [5.74, 6) is 2.09. The fourth-order valence-corrected chi connectivity index (χ4v) is 4.55. The number of nitrogens with zero attached hydrogens (tertiary/aromatic N) is 4. The van der Waals surface area contributed by atoms with Crippen LogP contribution in [-0.2, 0) is 21.6 Å². The number of ether oxygens (including phenoxy) is 1. The third kappa shape index (κ3) is 4.72. The number of piperidine rings is 1. The van der Waals surface area contributed by atoms with Gasteiger partial charge in [-0.3, -0.25) is 9.78 Å². The molecule has 1 aliphatic carbocycles. The Morgan fingerprint density at radius 1 is 1.09 bits per heavy atom. The highest BCUT2D eigenvalue weighted by atomic mass is 16.5. The lowest BCUT2D eigenvalue weighted by atomic mass is 9.73. The second kappa shape index (κ2) is 9.20. The number of hydrogen-bond acceptors (Lipinski definition) is 6. The van der Waals surface area contributed by atoms with Gasteiger partial charge in [0.15, 0.2) is 5.82 Å². The average molecular weight is 433 g/mol. The van der Waals surface area contributed by atoms with Crippen molar-refractivity contribution in [3.63, 3.8) is 0 Å². The van der Waals surface area contributed by atoms with Crippen LogP contribution in [0.5, 0.6) is 0 Å². The summed E-state index contributed by atoms with van der Waals surface area (Å²) in [6, 6.07) is 13.7. The molecule has 32 heavy (non-hydrogen) atoms. The van der Waals surface area contributed by atoms with Crippen molar-refractivity contribution in [3.8, 4) is 11.5 Å². The first-order valence-electron chi connectivity index (χ1n) is 11.4. The topological polar surface area (TPSA) is 81.4 Å². The van der Waals surface area contributed by atoms with Crippen LogP contribution in [0.1, 0.15) is 43.5 Å². The Kier molecular flexibility index (Phi) is 5.99. The first kappa shape index (κ1) is 20.8. The number of carbonyl (C=O) groups excluding carboxylic acids is 1. The lowest BCUT2D eigenvalue weighted by molar-refractivity contribution is -0.138. The van der Waals surface area contributed by atoms with Gasteiger partial charge in [-0.2, -0.15) is 4.98 Å². The maximum atomic E-state index is 12.7. The van der Waals surface area contributed by atoms with E-state index in [0.29, 0.717) is 25.6 Å². The predicted molar refractivity (Wildman–Crippen MR) is 118 cm³/mol. The maximum absolute atomic E-state index is 12.7. The molecular formula is C25H28N4O3. The zero-order chi connectivity index (χ0) is 21.8. The molecule has 5 rings (SSSR count). The quantitative estimate of drug-likeness (QED) is 0.535. The van der Waals surface area contributed by atoms with E-state index in [4.69, 9.17) is 14.2 Å². The van der Waals surface area contributed by atoms with Gasteiger partial charge in [-0.1, -0.05) is 48.3 Å². The molecule has 0 unspecified atom stereocenters. The number of hydrogen-bond donors (Lipinski definition) is 0. The molecule has 0 atom stereocenters. The standard InChI is InChI=1S/C25H28N4O3/c30-22(18-31-17-20-4-2-1-3-5-20)29-14-10-25(11-15-29,16-19-6-7-19)24-27-23(32-28-24)21-8-12-26-13-9-21/h1-5,8-9,12-13,19H,6-7,10-11,14-18H2. The van der Waals surface area contributed by atoms with E-state index in [9.17, 15) is 4.79 Å². The molecule has 0 N–H and O–H groups in total. The van der Waals surface area contributed by atoms with Crippen molar-refractivity contribution in [3.05, 3.63) is 66.2 Å². The Labute approximate surface area is 187 Å². The average Bonchev–Trinajstić information content (AvgIpc) is 3.50. The van der Waals surface area contributed by atoms with Crippen LogP contribution >= 0.6 is 0 Å². The van der Waals surface area contributed by atoms with Crippen LogP contribution in [0.4, 0.5) is 0 Å². The van der Waals surface area contributed by atoms with Crippen LogP contribution in [0.25, 0.3) is 11.5 Å². The highest BCUT2D eigenvalue weighted by molar-refractivity contribution is 5.77. The maximum Gasteiger partial charge on any atom is 0.258 e. The molecule has 2 aromatic heterocycles. The molecular weight excluding hydrogens is 404 g/mol. The van der Waals surface area contributed by atoms with Crippen molar-refractivity contribution in [2.75, 3.05) is 19.7 Å². The molecule has 7 nitrogen and oxygen atoms in total. The second-order valence-corrected chi connectivity index (χ2v) is 8.95. The zero-order valence-corrected chi connectivity index (χ0v) is 18.2. The molecule has 1 saturated carbocycles. The van der Waals surface area contributed by atoms with Gasteiger partial charge in [0.1, 0.15) is 6.61 Å². The lowest BCUT2D eigenvalue weighted by Crippen LogP contribution is -2.47. The Hall–Kier alpha value is -3.06. The molecule has 7 heteroatoms. The van der Waals surface area contributed by atoms with E-state index in [1.54, 1.807) is 12.4 Å². The van der Waals surface area contributed by atoms with Crippen LogP contribution in [0.2, 0.25) is 0 Å². The second-order valence-electron chi connectivity index (χ2n) is 8.95. The van der Waals surface area contributed by atoms with Gasteiger partial charge in [-0.05, 0) is 42.9 Å². The summed E-state index contributed by atoms with van der Waals surface area (Å²) < 4.78 is 11.3. The Bertz CT molecular complexity index is 1030. The van der Waals surface area contributed by atoms with Crippen molar-refractivity contribution in [1.82, 2.24) is 20.0 Å². The largest absolute Gasteiger partial charge is 0.367 e. The van der Waals surface area contributed by atoms with E-state index < -0.39 is 0 Å². The van der Waals surface area contributed by atoms with Gasteiger partial charge in [0.25, 0.3) is 5.89 Å². The monoisotopic (exact) mass is 432 g/mol. The molecule has 1 aromatic carbocycles. The molecule has 1 aliphatic heterocycles. The van der Waals surface area contributed by atoms with Gasteiger partial charge < -0.3 is 14.2 Å². The summed E-state index contributed by atoms with van der Waals surface area (Å²) in [5, 5.41) is 4.39. The number of carbonyl (C=O) groups is 1. The van der Waals surface area contributed by atoms with Crippen LogP contribution in [0, 0.1) is 5.92 Å². The normalized spacial score (nSPS) is 17.9. The fraction of sp³-hybridized carbons (Fsp3) is 0.440. The smallest absolute Gasteiger partial charge is 0.258 e. The fourth-order valence-electron chi connectivity index (χ4n) is 4.55. The number of aromatic nitrogens is 3. The molecule has 3 aromatic rings. The van der Waals surface area contributed by atoms with Crippen LogP contribution in [-0.4, -0.2) is 45.6 Å². The van der Waals surface area contributed by atoms with Crippen LogP contribution in [0.3, 0.4) is 0 Å². The third-order valence-corrected chi connectivity index (χ3v) is 6.61. The summed E-state index contributed by atoms with van der Waals surface area (Å²) in [5.41, 5.74) is 1.82. The predicted octanol–water partition coefficient (Wildman–Crippen LogP) is 4.01. The molecule has 0 radical (unpaired) electrons. The molecule has 166 valence electrons. The Morgan fingerprint density at radius 2 is 1.84 bits per heavy atom. The van der Waals surface area contributed by atoms with Gasteiger partial charge in [-0.15, -0.1) is 0 Å². The molecule has 3 heterocycles. The Morgan fingerprint density at radius 3 is 2.56 bits per heavy atom. The minimum absolute atomic E-state index is 0.0477. The molecule has 2 aliphatic rings. The summed E-state index contributed by atoms with van der Waals surface area (Å²) in [6.45, 7) is 1.95. The minimum Gasteiger partial charge on any atom is -0.367 e. The summed E-state index contributed by atoms with van der Waals surface area (Å²) in [7, 11) is 0. The van der Waals surface area contributed by atoms with Crippen LogP contribution in [0.15, 0.2) is 59.4 Å².